The Balaban J connectivity index is 2.22. The lowest BCUT2D eigenvalue weighted by Crippen LogP contribution is -2.05. The summed E-state index contributed by atoms with van der Waals surface area (Å²) < 4.78 is 79.5. The number of fused-ring (bicyclic) bond motifs is 1. The molecule has 2 aromatic carbocycles. The molecule has 0 atom stereocenters. The fourth-order valence-corrected chi connectivity index (χ4v) is 3.31. The van der Waals surface area contributed by atoms with Gasteiger partial charge in [0.2, 0.25) is 0 Å². The van der Waals surface area contributed by atoms with E-state index in [0.29, 0.717) is 36.8 Å². The van der Waals surface area contributed by atoms with Gasteiger partial charge in [-0.3, -0.25) is 0 Å². The standard InChI is InChI=1S/C20H18F6N2/c21-19(22,23)13-6-3-5-12(11-13)17-14(7-1-2-10-27)15-8-4-9-16(18(15)28-17)20(24,25)26/h3-6,8-9,11,28H,1-2,7,10,27H2. The zero-order valence-corrected chi connectivity index (χ0v) is 14.7. The molecule has 3 aromatic rings. The second-order valence-corrected chi connectivity index (χ2v) is 6.53. The fourth-order valence-electron chi connectivity index (χ4n) is 3.31. The van der Waals surface area contributed by atoms with E-state index in [1.165, 1.54) is 18.2 Å². The van der Waals surface area contributed by atoms with Gasteiger partial charge in [0.25, 0.3) is 0 Å². The summed E-state index contributed by atoms with van der Waals surface area (Å²) in [7, 11) is 0. The van der Waals surface area contributed by atoms with Crippen LogP contribution in [0, 0.1) is 0 Å². The molecule has 150 valence electrons. The molecule has 3 N–H and O–H groups in total. The topological polar surface area (TPSA) is 41.8 Å². The second kappa shape index (κ2) is 7.50. The number of halogens is 6. The maximum Gasteiger partial charge on any atom is 0.418 e. The summed E-state index contributed by atoms with van der Waals surface area (Å²) in [5, 5.41) is 0.360. The van der Waals surface area contributed by atoms with Gasteiger partial charge in [0.05, 0.1) is 16.6 Å². The highest BCUT2D eigenvalue weighted by Gasteiger charge is 2.34. The van der Waals surface area contributed by atoms with Gasteiger partial charge in [-0.1, -0.05) is 24.3 Å². The molecule has 8 heteroatoms. The minimum absolute atomic E-state index is 0.120. The molecule has 0 saturated heterocycles. The number of rotatable bonds is 5. The first-order valence-corrected chi connectivity index (χ1v) is 8.71. The number of nitrogens with two attached hydrogens (primary N) is 1. The Labute approximate surface area is 157 Å². The minimum atomic E-state index is -4.58. The summed E-state index contributed by atoms with van der Waals surface area (Å²) in [6.45, 7) is 0.426. The first-order chi connectivity index (χ1) is 13.1. The number of aromatic nitrogens is 1. The van der Waals surface area contributed by atoms with Crippen LogP contribution in [0.1, 0.15) is 29.5 Å². The van der Waals surface area contributed by atoms with Crippen molar-refractivity contribution in [1.82, 2.24) is 4.98 Å². The van der Waals surface area contributed by atoms with Crippen molar-refractivity contribution in [2.24, 2.45) is 5.73 Å². The van der Waals surface area contributed by atoms with Gasteiger partial charge in [0.15, 0.2) is 0 Å². The molecule has 3 rings (SSSR count). The summed E-state index contributed by atoms with van der Waals surface area (Å²) in [6, 6.07) is 8.40. The van der Waals surface area contributed by atoms with E-state index in [-0.39, 0.29) is 16.8 Å². The van der Waals surface area contributed by atoms with Gasteiger partial charge in [-0.2, -0.15) is 26.3 Å². The molecular weight excluding hydrogens is 382 g/mol. The number of para-hydroxylation sites is 1. The summed E-state index contributed by atoms with van der Waals surface area (Å²) in [4.78, 5) is 2.74. The van der Waals surface area contributed by atoms with Crippen molar-refractivity contribution >= 4 is 10.9 Å². The zero-order valence-electron chi connectivity index (χ0n) is 14.7. The predicted octanol–water partition coefficient (Wildman–Crippen LogP) is 6.15. The molecule has 0 unspecified atom stereocenters. The van der Waals surface area contributed by atoms with Gasteiger partial charge in [0, 0.05) is 11.1 Å². The van der Waals surface area contributed by atoms with Crippen LogP contribution in [-0.2, 0) is 18.8 Å². The number of hydrogen-bond donors (Lipinski definition) is 2. The number of benzene rings is 2. The molecule has 0 aliphatic rings. The Morgan fingerprint density at radius 3 is 2.21 bits per heavy atom. The molecule has 1 aromatic heterocycles. The quantitative estimate of drug-likeness (QED) is 0.391. The van der Waals surface area contributed by atoms with Crippen LogP contribution < -0.4 is 5.73 Å². The molecule has 2 nitrogen and oxygen atoms in total. The van der Waals surface area contributed by atoms with Crippen molar-refractivity contribution in [3.8, 4) is 11.3 Å². The van der Waals surface area contributed by atoms with Gasteiger partial charge in [-0.05, 0) is 55.1 Å². The Kier molecular flexibility index (Phi) is 5.43. The molecule has 0 radical (unpaired) electrons. The number of alkyl halides is 6. The van der Waals surface area contributed by atoms with Gasteiger partial charge in [-0.25, -0.2) is 0 Å². The maximum atomic E-state index is 13.4. The van der Waals surface area contributed by atoms with Crippen molar-refractivity contribution < 1.29 is 26.3 Å². The normalized spacial score (nSPS) is 12.7. The average molecular weight is 400 g/mol. The van der Waals surface area contributed by atoms with E-state index in [2.05, 4.69) is 4.98 Å². The fraction of sp³-hybridized carbons (Fsp3) is 0.300. The first-order valence-electron chi connectivity index (χ1n) is 8.71. The van der Waals surface area contributed by atoms with E-state index < -0.39 is 23.5 Å². The number of unbranched alkanes of at least 4 members (excludes halogenated alkanes) is 1. The Morgan fingerprint density at radius 1 is 0.857 bits per heavy atom. The Morgan fingerprint density at radius 2 is 1.57 bits per heavy atom. The average Bonchev–Trinajstić information content (AvgIpc) is 2.99. The van der Waals surface area contributed by atoms with Crippen molar-refractivity contribution in [2.75, 3.05) is 6.54 Å². The highest BCUT2D eigenvalue weighted by atomic mass is 19.4. The van der Waals surface area contributed by atoms with Crippen LogP contribution in [-0.4, -0.2) is 11.5 Å². The summed E-state index contributed by atoms with van der Waals surface area (Å²) >= 11 is 0. The van der Waals surface area contributed by atoms with Crippen LogP contribution in [0.3, 0.4) is 0 Å². The molecule has 1 heterocycles. The van der Waals surface area contributed by atoms with Crippen LogP contribution in [0.2, 0.25) is 0 Å². The molecule has 0 fully saturated rings. The largest absolute Gasteiger partial charge is 0.418 e. The zero-order chi connectivity index (χ0) is 20.5. The van der Waals surface area contributed by atoms with Crippen LogP contribution in [0.15, 0.2) is 42.5 Å². The van der Waals surface area contributed by atoms with Crippen molar-refractivity contribution in [3.63, 3.8) is 0 Å². The number of H-pyrrole nitrogens is 1. The Bertz CT molecular complexity index is 969. The summed E-state index contributed by atoms with van der Waals surface area (Å²) in [6.07, 6.45) is -7.44. The third-order valence-corrected chi connectivity index (χ3v) is 4.61. The summed E-state index contributed by atoms with van der Waals surface area (Å²) in [5.74, 6) is 0. The first kappa shape index (κ1) is 20.3. The molecule has 0 saturated carbocycles. The van der Waals surface area contributed by atoms with E-state index in [4.69, 9.17) is 5.73 Å². The van der Waals surface area contributed by atoms with Crippen LogP contribution in [0.25, 0.3) is 22.2 Å². The van der Waals surface area contributed by atoms with Gasteiger partial charge >= 0.3 is 12.4 Å². The Hall–Kier alpha value is -2.48. The summed E-state index contributed by atoms with van der Waals surface area (Å²) in [5.41, 5.74) is 4.71. The molecule has 0 aliphatic carbocycles. The predicted molar refractivity (Wildman–Crippen MR) is 95.7 cm³/mol. The van der Waals surface area contributed by atoms with Gasteiger partial charge < -0.3 is 10.7 Å². The monoisotopic (exact) mass is 400 g/mol. The highest BCUT2D eigenvalue weighted by Crippen LogP contribution is 2.40. The molecule has 0 aliphatic heterocycles. The number of nitrogens with one attached hydrogen (secondary N) is 1. The van der Waals surface area contributed by atoms with Crippen LogP contribution >= 0.6 is 0 Å². The SMILES string of the molecule is NCCCCc1c(-c2cccc(C(F)(F)F)c2)[nH]c2c(C(F)(F)F)cccc12. The van der Waals surface area contributed by atoms with E-state index in [9.17, 15) is 26.3 Å². The third kappa shape index (κ3) is 4.01. The van der Waals surface area contributed by atoms with E-state index in [0.717, 1.165) is 18.2 Å². The molecule has 0 bridgehead atoms. The highest BCUT2D eigenvalue weighted by molar-refractivity contribution is 5.93. The van der Waals surface area contributed by atoms with Gasteiger partial charge in [0.1, 0.15) is 0 Å². The van der Waals surface area contributed by atoms with E-state index >= 15 is 0 Å². The van der Waals surface area contributed by atoms with Crippen molar-refractivity contribution in [2.45, 2.75) is 31.6 Å². The van der Waals surface area contributed by atoms with Crippen LogP contribution in [0.4, 0.5) is 26.3 Å². The molecular formula is C20H18F6N2. The van der Waals surface area contributed by atoms with Crippen LogP contribution in [0.5, 0.6) is 0 Å². The van der Waals surface area contributed by atoms with Crippen molar-refractivity contribution in [3.05, 3.63) is 59.2 Å². The molecule has 28 heavy (non-hydrogen) atoms. The minimum Gasteiger partial charge on any atom is -0.354 e. The third-order valence-electron chi connectivity index (χ3n) is 4.61. The lowest BCUT2D eigenvalue weighted by molar-refractivity contribution is -0.138. The molecule has 0 amide bonds. The van der Waals surface area contributed by atoms with Crippen molar-refractivity contribution in [1.29, 1.82) is 0 Å². The van der Waals surface area contributed by atoms with E-state index in [1.807, 2.05) is 0 Å². The maximum absolute atomic E-state index is 13.4. The number of aryl methyl sites for hydroxylation is 1. The lowest BCUT2D eigenvalue weighted by atomic mass is 9.98. The van der Waals surface area contributed by atoms with Gasteiger partial charge in [-0.15, -0.1) is 0 Å². The van der Waals surface area contributed by atoms with E-state index in [1.54, 1.807) is 6.07 Å². The lowest BCUT2D eigenvalue weighted by Gasteiger charge is -2.10. The molecule has 0 spiro atoms. The second-order valence-electron chi connectivity index (χ2n) is 6.53. The smallest absolute Gasteiger partial charge is 0.354 e. The number of hydrogen-bond acceptors (Lipinski definition) is 1. The number of aromatic amines is 1.